The fourth-order valence-electron chi connectivity index (χ4n) is 2.61. The molecule has 0 radical (unpaired) electrons. The van der Waals surface area contributed by atoms with Crippen molar-refractivity contribution in [3.05, 3.63) is 5.82 Å². The van der Waals surface area contributed by atoms with Gasteiger partial charge < -0.3 is 20.4 Å². The summed E-state index contributed by atoms with van der Waals surface area (Å²) < 4.78 is 7.67. The van der Waals surface area contributed by atoms with Crippen molar-refractivity contribution in [3.63, 3.8) is 0 Å². The van der Waals surface area contributed by atoms with Crippen LogP contribution in [0.4, 0.5) is 0 Å². The van der Waals surface area contributed by atoms with Gasteiger partial charge in [-0.05, 0) is 25.7 Å². The number of amides is 2. The molecule has 3 N–H and O–H groups in total. The molecule has 9 heteroatoms. The van der Waals surface area contributed by atoms with Gasteiger partial charge in [-0.25, -0.2) is 0 Å². The van der Waals surface area contributed by atoms with Crippen LogP contribution in [0, 0.1) is 5.92 Å². The Morgan fingerprint density at radius 3 is 2.77 bits per heavy atom. The molecule has 0 aromatic carbocycles. The Labute approximate surface area is 158 Å². The van der Waals surface area contributed by atoms with Crippen LogP contribution in [-0.2, 0) is 27.3 Å². The van der Waals surface area contributed by atoms with E-state index in [-0.39, 0.29) is 36.1 Å². The van der Waals surface area contributed by atoms with E-state index in [4.69, 9.17) is 10.5 Å². The first kappa shape index (κ1) is 20.7. The summed E-state index contributed by atoms with van der Waals surface area (Å²) in [6, 6.07) is 0.124. The van der Waals surface area contributed by atoms with Gasteiger partial charge in [-0.15, -0.1) is 10.2 Å². The lowest BCUT2D eigenvalue weighted by atomic mass is 10.1. The lowest BCUT2D eigenvalue weighted by Gasteiger charge is -2.17. The number of nitrogens with two attached hydrogens (primary N) is 1. The van der Waals surface area contributed by atoms with E-state index in [0.717, 1.165) is 19.4 Å². The second-order valence-electron chi connectivity index (χ2n) is 7.00. The number of hydrogen-bond donors (Lipinski definition) is 2. The monoisotopic (exact) mass is 383 g/mol. The van der Waals surface area contributed by atoms with Gasteiger partial charge >= 0.3 is 0 Å². The summed E-state index contributed by atoms with van der Waals surface area (Å²) in [4.78, 5) is 23.2. The number of hydrogen-bond acceptors (Lipinski definition) is 6. The Bertz CT molecular complexity index is 614. The molecule has 0 spiro atoms. The van der Waals surface area contributed by atoms with Gasteiger partial charge in [-0.1, -0.05) is 25.6 Å². The molecule has 1 aliphatic rings. The lowest BCUT2D eigenvalue weighted by molar-refractivity contribution is -0.119. The molecule has 146 valence electrons. The highest BCUT2D eigenvalue weighted by atomic mass is 32.2. The van der Waals surface area contributed by atoms with E-state index in [9.17, 15) is 9.59 Å². The first-order valence-corrected chi connectivity index (χ1v) is 10.1. The van der Waals surface area contributed by atoms with E-state index in [1.165, 1.54) is 11.8 Å². The molecule has 1 aromatic rings. The Morgan fingerprint density at radius 2 is 2.15 bits per heavy atom. The van der Waals surface area contributed by atoms with Crippen LogP contribution in [0.25, 0.3) is 0 Å². The molecule has 2 amide bonds. The maximum atomic E-state index is 12.1. The van der Waals surface area contributed by atoms with Crippen molar-refractivity contribution < 1.29 is 14.3 Å². The molecule has 1 aliphatic heterocycles. The lowest BCUT2D eigenvalue weighted by Crippen LogP contribution is -2.37. The van der Waals surface area contributed by atoms with Crippen molar-refractivity contribution in [2.75, 3.05) is 12.4 Å². The number of thioether (sulfide) groups is 1. The molecule has 0 unspecified atom stereocenters. The van der Waals surface area contributed by atoms with Crippen molar-refractivity contribution >= 4 is 23.6 Å². The first-order chi connectivity index (χ1) is 12.4. The van der Waals surface area contributed by atoms with Gasteiger partial charge in [-0.2, -0.15) is 0 Å². The summed E-state index contributed by atoms with van der Waals surface area (Å²) in [5, 5.41) is 12.1. The summed E-state index contributed by atoms with van der Waals surface area (Å²) in [6.45, 7) is 7.53. The third-order valence-electron chi connectivity index (χ3n) is 4.52. The Morgan fingerprint density at radius 1 is 1.38 bits per heavy atom. The van der Waals surface area contributed by atoms with Gasteiger partial charge in [0.1, 0.15) is 5.82 Å². The van der Waals surface area contributed by atoms with Crippen LogP contribution in [0.5, 0.6) is 0 Å². The van der Waals surface area contributed by atoms with Crippen molar-refractivity contribution in [1.29, 1.82) is 0 Å². The predicted octanol–water partition coefficient (Wildman–Crippen LogP) is 1.13. The minimum atomic E-state index is -0.368. The third kappa shape index (κ3) is 6.28. The highest BCUT2D eigenvalue weighted by Crippen LogP contribution is 2.22. The summed E-state index contributed by atoms with van der Waals surface area (Å²) in [7, 11) is 0. The SMILES string of the molecule is CC(C)[C@@H](C)NC(=O)CSc1nnc(CCC(N)=O)n1C[C@@H]1CCCO1. The smallest absolute Gasteiger partial charge is 0.230 e. The summed E-state index contributed by atoms with van der Waals surface area (Å²) in [5.74, 6) is 0.969. The van der Waals surface area contributed by atoms with E-state index in [1.807, 2.05) is 11.5 Å². The molecule has 1 aromatic heterocycles. The van der Waals surface area contributed by atoms with Crippen molar-refractivity contribution in [3.8, 4) is 0 Å². The van der Waals surface area contributed by atoms with Crippen LogP contribution in [0.15, 0.2) is 5.16 Å². The Kier molecular flexibility index (Phi) is 7.89. The fourth-order valence-corrected chi connectivity index (χ4v) is 3.39. The quantitative estimate of drug-likeness (QED) is 0.586. The molecule has 0 bridgehead atoms. The van der Waals surface area contributed by atoms with E-state index in [0.29, 0.717) is 29.9 Å². The summed E-state index contributed by atoms with van der Waals surface area (Å²) in [6.07, 6.45) is 2.81. The van der Waals surface area contributed by atoms with Crippen molar-refractivity contribution in [2.45, 2.75) is 70.3 Å². The number of aromatic nitrogens is 3. The number of carbonyl (C=O) groups excluding carboxylic acids is 2. The third-order valence-corrected chi connectivity index (χ3v) is 5.49. The zero-order valence-corrected chi connectivity index (χ0v) is 16.6. The average Bonchev–Trinajstić information content (AvgIpc) is 3.21. The van der Waals surface area contributed by atoms with E-state index in [2.05, 4.69) is 29.4 Å². The topological polar surface area (TPSA) is 112 Å². The van der Waals surface area contributed by atoms with Gasteiger partial charge in [0.25, 0.3) is 0 Å². The number of ether oxygens (including phenoxy) is 1. The van der Waals surface area contributed by atoms with Crippen LogP contribution in [-0.4, -0.2) is 51.1 Å². The highest BCUT2D eigenvalue weighted by molar-refractivity contribution is 7.99. The fraction of sp³-hybridized carbons (Fsp3) is 0.765. The number of carbonyl (C=O) groups is 2. The second-order valence-corrected chi connectivity index (χ2v) is 7.94. The Balaban J connectivity index is 2.01. The summed E-state index contributed by atoms with van der Waals surface area (Å²) >= 11 is 1.35. The number of aryl methyl sites for hydroxylation is 1. The summed E-state index contributed by atoms with van der Waals surface area (Å²) in [5.41, 5.74) is 5.25. The number of primary amides is 1. The van der Waals surface area contributed by atoms with Crippen LogP contribution >= 0.6 is 11.8 Å². The van der Waals surface area contributed by atoms with Crippen molar-refractivity contribution in [2.24, 2.45) is 11.7 Å². The van der Waals surface area contributed by atoms with E-state index >= 15 is 0 Å². The molecule has 0 saturated carbocycles. The maximum Gasteiger partial charge on any atom is 0.230 e. The molecule has 2 atom stereocenters. The van der Waals surface area contributed by atoms with Crippen molar-refractivity contribution in [1.82, 2.24) is 20.1 Å². The van der Waals surface area contributed by atoms with E-state index in [1.54, 1.807) is 0 Å². The molecular weight excluding hydrogens is 354 g/mol. The van der Waals surface area contributed by atoms with E-state index < -0.39 is 0 Å². The first-order valence-electron chi connectivity index (χ1n) is 9.11. The molecule has 1 saturated heterocycles. The predicted molar refractivity (Wildman–Crippen MR) is 99.7 cm³/mol. The molecule has 8 nitrogen and oxygen atoms in total. The van der Waals surface area contributed by atoms with Gasteiger partial charge in [-0.3, -0.25) is 9.59 Å². The molecule has 26 heavy (non-hydrogen) atoms. The van der Waals surface area contributed by atoms with Gasteiger partial charge in [0, 0.05) is 25.5 Å². The van der Waals surface area contributed by atoms with Crippen LogP contribution in [0.2, 0.25) is 0 Å². The van der Waals surface area contributed by atoms with Crippen LogP contribution in [0.3, 0.4) is 0 Å². The molecule has 0 aliphatic carbocycles. The minimum Gasteiger partial charge on any atom is -0.376 e. The molecule has 2 rings (SSSR count). The zero-order chi connectivity index (χ0) is 19.1. The van der Waals surface area contributed by atoms with Gasteiger partial charge in [0.2, 0.25) is 11.8 Å². The number of rotatable bonds is 10. The largest absolute Gasteiger partial charge is 0.376 e. The normalized spacial score (nSPS) is 18.2. The van der Waals surface area contributed by atoms with Crippen LogP contribution < -0.4 is 11.1 Å². The molecular formula is C17H29N5O3S. The zero-order valence-electron chi connectivity index (χ0n) is 15.7. The Hall–Kier alpha value is -1.61. The standard InChI is InChI=1S/C17H29N5O3S/c1-11(2)12(3)19-16(24)10-26-17-21-20-15(7-6-14(18)23)22(17)9-13-5-4-8-25-13/h11-13H,4-10H2,1-3H3,(H2,18,23)(H,19,24)/t12-,13+/m1/s1. The maximum absolute atomic E-state index is 12.1. The minimum absolute atomic E-state index is 0.0263. The van der Waals surface area contributed by atoms with Gasteiger partial charge in [0.05, 0.1) is 18.4 Å². The number of nitrogens with one attached hydrogen (secondary N) is 1. The van der Waals surface area contributed by atoms with Gasteiger partial charge in [0.15, 0.2) is 5.16 Å². The second kappa shape index (κ2) is 9.91. The van der Waals surface area contributed by atoms with Crippen LogP contribution in [0.1, 0.15) is 45.9 Å². The molecule has 2 heterocycles. The highest BCUT2D eigenvalue weighted by Gasteiger charge is 2.22. The number of nitrogens with zero attached hydrogens (tertiary/aromatic N) is 3. The average molecular weight is 384 g/mol. The molecule has 1 fully saturated rings.